The van der Waals surface area contributed by atoms with Gasteiger partial charge in [0.15, 0.2) is 11.6 Å². The van der Waals surface area contributed by atoms with Crippen molar-refractivity contribution in [1.29, 1.82) is 0 Å². The van der Waals surface area contributed by atoms with Crippen molar-refractivity contribution in [3.63, 3.8) is 0 Å². The highest BCUT2D eigenvalue weighted by Crippen LogP contribution is 2.33. The van der Waals surface area contributed by atoms with Crippen LogP contribution in [0.5, 0.6) is 5.75 Å². The number of rotatable bonds is 6. The summed E-state index contributed by atoms with van der Waals surface area (Å²) in [7, 11) is 1.50. The summed E-state index contributed by atoms with van der Waals surface area (Å²) < 4.78 is 17.1. The number of hydrogen-bond donors (Lipinski definition) is 3. The Labute approximate surface area is 220 Å². The molecule has 0 saturated carbocycles. The lowest BCUT2D eigenvalue weighted by atomic mass is 10.0. The average molecular weight is 540 g/mol. The van der Waals surface area contributed by atoms with E-state index in [2.05, 4.69) is 20.2 Å². The van der Waals surface area contributed by atoms with Crippen LogP contribution in [-0.2, 0) is 18.4 Å². The van der Waals surface area contributed by atoms with Gasteiger partial charge in [-0.3, -0.25) is 14.4 Å². The second-order valence-corrected chi connectivity index (χ2v) is 9.42. The molecular weight excluding hydrogens is 517 g/mol. The van der Waals surface area contributed by atoms with Gasteiger partial charge in [0, 0.05) is 38.0 Å². The summed E-state index contributed by atoms with van der Waals surface area (Å²) in [4.78, 5) is 48.6. The molecule has 0 unspecified atom stereocenters. The van der Waals surface area contributed by atoms with Crippen LogP contribution in [0.4, 0.5) is 15.9 Å². The molecule has 38 heavy (non-hydrogen) atoms. The number of benzene rings is 1. The van der Waals surface area contributed by atoms with E-state index < -0.39 is 34.5 Å². The van der Waals surface area contributed by atoms with E-state index in [4.69, 9.17) is 17.3 Å². The van der Waals surface area contributed by atoms with E-state index in [0.717, 1.165) is 32.0 Å². The Morgan fingerprint density at radius 1 is 1.21 bits per heavy atom. The number of aromatic hydroxyl groups is 1. The predicted octanol–water partition coefficient (Wildman–Crippen LogP) is 2.63. The van der Waals surface area contributed by atoms with Crippen LogP contribution < -0.4 is 21.5 Å². The van der Waals surface area contributed by atoms with Crippen LogP contribution in [0.25, 0.3) is 22.2 Å². The van der Waals surface area contributed by atoms with Crippen LogP contribution in [0.15, 0.2) is 41.7 Å². The number of aryl methyl sites for hydroxylation is 1. The largest absolute Gasteiger partial charge is 0.504 e. The Balaban J connectivity index is 1.52. The minimum absolute atomic E-state index is 0.0987. The number of nitrogens with zero attached hydrogens (tertiary/aromatic N) is 5. The standard InChI is InChI=1S/C25H23ClFN7O4/c1-32-12-30-24-21(25(32)38)15(13-6-14(23(28)37)22(36)17(27)7-13)10-34(24)11-20(35)31-18-8-19(29-9-16(18)26)33-4-2-3-5-33/h6-10,12,36H,2-5,11H2,1H3,(H2,28,37)(H,29,31,35). The molecule has 0 aliphatic carbocycles. The number of carbonyl (C=O) groups is 2. The monoisotopic (exact) mass is 539 g/mol. The summed E-state index contributed by atoms with van der Waals surface area (Å²) in [6.07, 6.45) is 6.37. The summed E-state index contributed by atoms with van der Waals surface area (Å²) in [5, 5.41) is 13.0. The maximum Gasteiger partial charge on any atom is 0.263 e. The van der Waals surface area contributed by atoms with E-state index in [9.17, 15) is 23.9 Å². The minimum atomic E-state index is -1.09. The van der Waals surface area contributed by atoms with E-state index in [1.807, 2.05) is 0 Å². The summed E-state index contributed by atoms with van der Waals surface area (Å²) >= 11 is 6.28. The summed E-state index contributed by atoms with van der Waals surface area (Å²) in [6.45, 7) is 1.49. The summed E-state index contributed by atoms with van der Waals surface area (Å²) in [5.41, 5.74) is 5.27. The van der Waals surface area contributed by atoms with Gasteiger partial charge < -0.3 is 30.2 Å². The SMILES string of the molecule is Cn1cnc2c(c(-c3cc(F)c(O)c(C(N)=O)c3)cn2CC(=O)Nc2cc(N3CCCC3)ncc2Cl)c1=O. The van der Waals surface area contributed by atoms with Crippen molar-refractivity contribution < 1.29 is 19.1 Å². The molecule has 196 valence electrons. The van der Waals surface area contributed by atoms with Crippen LogP contribution in [0.3, 0.4) is 0 Å². The number of primary amides is 1. The smallest absolute Gasteiger partial charge is 0.263 e. The molecule has 0 spiro atoms. The molecular formula is C25H23ClFN7O4. The molecule has 1 aliphatic rings. The zero-order chi connectivity index (χ0) is 27.1. The van der Waals surface area contributed by atoms with E-state index in [-0.39, 0.29) is 33.7 Å². The zero-order valence-electron chi connectivity index (χ0n) is 20.2. The number of anilines is 2. The van der Waals surface area contributed by atoms with Crippen molar-refractivity contribution in [2.75, 3.05) is 23.3 Å². The number of aromatic nitrogens is 4. The molecule has 5 rings (SSSR count). The first-order chi connectivity index (χ1) is 18.1. The number of hydrogen-bond acceptors (Lipinski definition) is 7. The molecule has 4 aromatic rings. The van der Waals surface area contributed by atoms with Crippen molar-refractivity contribution in [3.8, 4) is 16.9 Å². The molecule has 2 amide bonds. The molecule has 4 heterocycles. The van der Waals surface area contributed by atoms with Gasteiger partial charge >= 0.3 is 0 Å². The maximum absolute atomic E-state index is 14.5. The quantitative estimate of drug-likeness (QED) is 0.341. The number of halogens is 2. The highest BCUT2D eigenvalue weighted by molar-refractivity contribution is 6.33. The van der Waals surface area contributed by atoms with Crippen molar-refractivity contribution in [1.82, 2.24) is 19.1 Å². The number of phenols is 1. The molecule has 13 heteroatoms. The van der Waals surface area contributed by atoms with E-state index in [1.54, 1.807) is 6.07 Å². The van der Waals surface area contributed by atoms with Crippen LogP contribution in [0, 0.1) is 5.82 Å². The fraction of sp³-hybridized carbons (Fsp3) is 0.240. The second-order valence-electron chi connectivity index (χ2n) is 9.01. The molecule has 0 atom stereocenters. The maximum atomic E-state index is 14.5. The zero-order valence-corrected chi connectivity index (χ0v) is 21.0. The van der Waals surface area contributed by atoms with E-state index in [1.165, 1.54) is 41.0 Å². The first kappa shape index (κ1) is 25.2. The van der Waals surface area contributed by atoms with E-state index in [0.29, 0.717) is 11.5 Å². The summed E-state index contributed by atoms with van der Waals surface area (Å²) in [5.74, 6) is -2.76. The summed E-state index contributed by atoms with van der Waals surface area (Å²) in [6, 6.07) is 3.87. The fourth-order valence-corrected chi connectivity index (χ4v) is 4.68. The molecule has 1 saturated heterocycles. The molecule has 11 nitrogen and oxygen atoms in total. The van der Waals surface area contributed by atoms with Gasteiger partial charge in [-0.05, 0) is 30.5 Å². The van der Waals surface area contributed by atoms with E-state index >= 15 is 0 Å². The second kappa shape index (κ2) is 9.78. The van der Waals surface area contributed by atoms with Crippen molar-refractivity contribution in [2.45, 2.75) is 19.4 Å². The molecule has 0 bridgehead atoms. The van der Waals surface area contributed by atoms with Gasteiger partial charge in [-0.25, -0.2) is 14.4 Å². The molecule has 1 fully saturated rings. The van der Waals surface area contributed by atoms with Crippen LogP contribution in [0.1, 0.15) is 23.2 Å². The lowest BCUT2D eigenvalue weighted by Gasteiger charge is -2.18. The molecule has 3 aromatic heterocycles. The Morgan fingerprint density at radius 2 is 1.95 bits per heavy atom. The molecule has 1 aromatic carbocycles. The van der Waals surface area contributed by atoms with Gasteiger partial charge in [-0.2, -0.15) is 0 Å². The van der Waals surface area contributed by atoms with Crippen molar-refractivity contribution in [3.05, 3.63) is 63.7 Å². The van der Waals surface area contributed by atoms with Gasteiger partial charge in [-0.15, -0.1) is 0 Å². The molecule has 0 radical (unpaired) electrons. The minimum Gasteiger partial charge on any atom is -0.504 e. The van der Waals surface area contributed by atoms with Crippen molar-refractivity contribution >= 4 is 46.0 Å². The lowest BCUT2D eigenvalue weighted by Crippen LogP contribution is -2.22. The number of nitrogens with one attached hydrogen (secondary N) is 1. The van der Waals surface area contributed by atoms with Gasteiger partial charge in [-0.1, -0.05) is 11.6 Å². The van der Waals surface area contributed by atoms with Crippen LogP contribution in [-0.4, -0.2) is 49.1 Å². The number of carbonyl (C=O) groups excluding carboxylic acids is 2. The third-order valence-electron chi connectivity index (χ3n) is 6.44. The first-order valence-corrected chi connectivity index (χ1v) is 12.1. The molecule has 4 N–H and O–H groups in total. The predicted molar refractivity (Wildman–Crippen MR) is 140 cm³/mol. The van der Waals surface area contributed by atoms with Gasteiger partial charge in [0.25, 0.3) is 11.5 Å². The van der Waals surface area contributed by atoms with Gasteiger partial charge in [0.1, 0.15) is 18.0 Å². The normalized spacial score (nSPS) is 13.3. The Bertz CT molecular complexity index is 1660. The number of nitrogens with two attached hydrogens (primary N) is 1. The van der Waals surface area contributed by atoms with Crippen LogP contribution in [0.2, 0.25) is 5.02 Å². The van der Waals surface area contributed by atoms with Crippen LogP contribution >= 0.6 is 11.6 Å². The lowest BCUT2D eigenvalue weighted by molar-refractivity contribution is -0.116. The van der Waals surface area contributed by atoms with Crippen molar-refractivity contribution in [2.24, 2.45) is 12.8 Å². The molecule has 1 aliphatic heterocycles. The number of fused-ring (bicyclic) bond motifs is 1. The average Bonchev–Trinajstić information content (AvgIpc) is 3.53. The topological polar surface area (TPSA) is 148 Å². The third-order valence-corrected chi connectivity index (χ3v) is 6.74. The highest BCUT2D eigenvalue weighted by Gasteiger charge is 2.22. The fourth-order valence-electron chi connectivity index (χ4n) is 4.53. The number of pyridine rings is 1. The Hall–Kier alpha value is -4.45. The van der Waals surface area contributed by atoms with Gasteiger partial charge in [0.2, 0.25) is 5.91 Å². The number of amides is 2. The first-order valence-electron chi connectivity index (χ1n) is 11.7. The Kier molecular flexibility index (Phi) is 6.49. The Morgan fingerprint density at radius 3 is 2.66 bits per heavy atom. The third kappa shape index (κ3) is 4.54. The highest BCUT2D eigenvalue weighted by atomic mass is 35.5. The van der Waals surface area contributed by atoms with Gasteiger partial charge in [0.05, 0.1) is 34.2 Å².